The van der Waals surface area contributed by atoms with E-state index in [1.54, 1.807) is 7.11 Å². The lowest BCUT2D eigenvalue weighted by atomic mass is 9.80. The van der Waals surface area contributed by atoms with E-state index >= 15 is 0 Å². The van der Waals surface area contributed by atoms with E-state index in [0.29, 0.717) is 12.5 Å². The number of carbonyl (C=O) groups is 1. The Hall–Kier alpha value is -0.610. The molecule has 1 N–H and O–H groups in total. The van der Waals surface area contributed by atoms with Crippen LogP contribution in [-0.4, -0.2) is 37.9 Å². The van der Waals surface area contributed by atoms with E-state index in [0.717, 1.165) is 19.3 Å². The molecule has 2 aliphatic carbocycles. The maximum absolute atomic E-state index is 12.3. The summed E-state index contributed by atoms with van der Waals surface area (Å²) < 4.78 is 11.0. The minimum atomic E-state index is 0.0184. The fraction of sp³-hybridized carbons (Fsp3) is 0.933. The van der Waals surface area contributed by atoms with E-state index in [-0.39, 0.29) is 30.1 Å². The van der Waals surface area contributed by atoms with Crippen LogP contribution in [0.5, 0.6) is 0 Å². The van der Waals surface area contributed by atoms with Crippen LogP contribution >= 0.6 is 0 Å². The largest absolute Gasteiger partial charge is 0.377 e. The third-order valence-electron chi connectivity index (χ3n) is 4.54. The summed E-state index contributed by atoms with van der Waals surface area (Å²) in [5, 5.41) is 3.15. The van der Waals surface area contributed by atoms with Crippen molar-refractivity contribution < 1.29 is 14.3 Å². The van der Waals surface area contributed by atoms with Gasteiger partial charge in [-0.3, -0.25) is 4.79 Å². The normalized spacial score (nSPS) is 38.6. The minimum Gasteiger partial charge on any atom is -0.377 e. The molecular weight excluding hydrogens is 242 g/mol. The van der Waals surface area contributed by atoms with Gasteiger partial charge in [0.1, 0.15) is 6.10 Å². The topological polar surface area (TPSA) is 47.6 Å². The van der Waals surface area contributed by atoms with Crippen molar-refractivity contribution in [1.29, 1.82) is 0 Å². The highest BCUT2D eigenvalue weighted by molar-refractivity contribution is 5.79. The van der Waals surface area contributed by atoms with Crippen LogP contribution in [0, 0.1) is 11.8 Å². The van der Waals surface area contributed by atoms with Crippen molar-refractivity contribution in [1.82, 2.24) is 5.32 Å². The summed E-state index contributed by atoms with van der Waals surface area (Å²) in [6, 6.07) is 0.131. The van der Waals surface area contributed by atoms with Gasteiger partial charge in [-0.1, -0.05) is 19.8 Å². The zero-order valence-corrected chi connectivity index (χ0v) is 12.4. The Balaban J connectivity index is 1.79. The fourth-order valence-electron chi connectivity index (χ4n) is 3.39. The van der Waals surface area contributed by atoms with Crippen molar-refractivity contribution in [2.45, 2.75) is 64.2 Å². The summed E-state index contributed by atoms with van der Waals surface area (Å²) >= 11 is 0. The zero-order valence-electron chi connectivity index (χ0n) is 12.4. The highest BCUT2D eigenvalue weighted by Gasteiger charge is 2.43. The van der Waals surface area contributed by atoms with Gasteiger partial charge in [0.25, 0.3) is 0 Å². The number of carbonyl (C=O) groups excluding carboxylic acids is 1. The summed E-state index contributed by atoms with van der Waals surface area (Å²) in [5.74, 6) is 1.10. The van der Waals surface area contributed by atoms with Crippen LogP contribution in [0.25, 0.3) is 0 Å². The smallest absolute Gasteiger partial charge is 0.223 e. The van der Waals surface area contributed by atoms with Gasteiger partial charge in [0, 0.05) is 19.6 Å². The Labute approximate surface area is 116 Å². The van der Waals surface area contributed by atoms with Crippen molar-refractivity contribution in [2.24, 2.45) is 11.8 Å². The predicted octanol–water partition coefficient (Wildman–Crippen LogP) is 2.12. The van der Waals surface area contributed by atoms with E-state index in [4.69, 9.17) is 9.47 Å². The Kier molecular flexibility index (Phi) is 5.22. The van der Waals surface area contributed by atoms with E-state index in [9.17, 15) is 4.79 Å². The first-order chi connectivity index (χ1) is 9.15. The molecule has 0 bridgehead atoms. The van der Waals surface area contributed by atoms with E-state index in [2.05, 4.69) is 12.2 Å². The van der Waals surface area contributed by atoms with Crippen LogP contribution in [0.1, 0.15) is 46.0 Å². The monoisotopic (exact) mass is 269 g/mol. The van der Waals surface area contributed by atoms with Gasteiger partial charge in [-0.05, 0) is 32.1 Å². The number of hydrogen-bond donors (Lipinski definition) is 1. The summed E-state index contributed by atoms with van der Waals surface area (Å²) in [7, 11) is 1.69. The molecule has 1 amide bonds. The number of hydrogen-bond acceptors (Lipinski definition) is 3. The first-order valence-electron chi connectivity index (χ1n) is 7.60. The van der Waals surface area contributed by atoms with Gasteiger partial charge in [0.05, 0.1) is 12.1 Å². The van der Waals surface area contributed by atoms with Gasteiger partial charge >= 0.3 is 0 Å². The summed E-state index contributed by atoms with van der Waals surface area (Å²) in [6.07, 6.45) is 5.55. The van der Waals surface area contributed by atoms with Gasteiger partial charge < -0.3 is 14.8 Å². The molecule has 2 fully saturated rings. The molecule has 19 heavy (non-hydrogen) atoms. The Morgan fingerprint density at radius 3 is 2.74 bits per heavy atom. The number of amides is 1. The summed E-state index contributed by atoms with van der Waals surface area (Å²) in [6.45, 7) is 4.93. The number of rotatable bonds is 5. The van der Waals surface area contributed by atoms with Gasteiger partial charge in [0.15, 0.2) is 0 Å². The molecule has 0 saturated heterocycles. The van der Waals surface area contributed by atoms with E-state index in [1.807, 2.05) is 6.92 Å². The average Bonchev–Trinajstić information content (AvgIpc) is 2.37. The molecule has 0 aromatic carbocycles. The standard InChI is InChI=1S/C15H27NO3/c1-4-19-13-9-12(14(13)18-3)16-15(17)11-7-5-6-10(2)8-11/h10-14H,4-9H2,1-3H3,(H,16,17)/t10-,11+,12-,13+,14+/m0/s1. The van der Waals surface area contributed by atoms with Crippen molar-refractivity contribution in [3.8, 4) is 0 Å². The van der Waals surface area contributed by atoms with Crippen molar-refractivity contribution in [2.75, 3.05) is 13.7 Å². The second-order valence-electron chi connectivity index (χ2n) is 6.01. The van der Waals surface area contributed by atoms with Crippen LogP contribution in [0.15, 0.2) is 0 Å². The third kappa shape index (κ3) is 3.48. The van der Waals surface area contributed by atoms with Gasteiger partial charge in [0.2, 0.25) is 5.91 Å². The van der Waals surface area contributed by atoms with E-state index in [1.165, 1.54) is 12.8 Å². The molecule has 0 aliphatic heterocycles. The van der Waals surface area contributed by atoms with Crippen LogP contribution in [-0.2, 0) is 14.3 Å². The van der Waals surface area contributed by atoms with Crippen molar-refractivity contribution in [3.05, 3.63) is 0 Å². The van der Waals surface area contributed by atoms with Crippen LogP contribution in [0.2, 0.25) is 0 Å². The summed E-state index contributed by atoms with van der Waals surface area (Å²) in [4.78, 5) is 12.3. The van der Waals surface area contributed by atoms with Crippen molar-refractivity contribution in [3.63, 3.8) is 0 Å². The van der Waals surface area contributed by atoms with Crippen LogP contribution < -0.4 is 5.32 Å². The molecule has 0 heterocycles. The highest BCUT2D eigenvalue weighted by Crippen LogP contribution is 2.31. The Bertz CT molecular complexity index is 308. The maximum Gasteiger partial charge on any atom is 0.223 e. The fourth-order valence-corrected chi connectivity index (χ4v) is 3.39. The lowest BCUT2D eigenvalue weighted by Crippen LogP contribution is -2.61. The second-order valence-corrected chi connectivity index (χ2v) is 6.01. The molecule has 2 saturated carbocycles. The molecule has 0 spiro atoms. The maximum atomic E-state index is 12.3. The lowest BCUT2D eigenvalue weighted by Gasteiger charge is -2.44. The highest BCUT2D eigenvalue weighted by atomic mass is 16.5. The van der Waals surface area contributed by atoms with Gasteiger partial charge in [-0.2, -0.15) is 0 Å². The molecule has 0 aromatic heterocycles. The molecule has 0 aromatic rings. The van der Waals surface area contributed by atoms with Crippen LogP contribution in [0.4, 0.5) is 0 Å². The molecule has 4 heteroatoms. The molecule has 110 valence electrons. The number of methoxy groups -OCH3 is 1. The average molecular weight is 269 g/mol. The molecule has 4 nitrogen and oxygen atoms in total. The first kappa shape index (κ1) is 14.8. The lowest BCUT2D eigenvalue weighted by molar-refractivity contribution is -0.146. The predicted molar refractivity (Wildman–Crippen MR) is 73.9 cm³/mol. The minimum absolute atomic E-state index is 0.0184. The van der Waals surface area contributed by atoms with E-state index < -0.39 is 0 Å². The van der Waals surface area contributed by atoms with Gasteiger partial charge in [-0.25, -0.2) is 0 Å². The molecule has 2 aliphatic rings. The molecule has 0 unspecified atom stereocenters. The zero-order chi connectivity index (χ0) is 13.8. The Morgan fingerprint density at radius 1 is 1.32 bits per heavy atom. The number of ether oxygens (including phenoxy) is 2. The SMILES string of the molecule is CCO[C@@H]1C[C@H](NC(=O)[C@@H]2CCC[C@H](C)C2)[C@H]1OC. The van der Waals surface area contributed by atoms with Crippen molar-refractivity contribution >= 4 is 5.91 Å². The molecule has 2 rings (SSSR count). The van der Waals surface area contributed by atoms with Crippen LogP contribution in [0.3, 0.4) is 0 Å². The first-order valence-corrected chi connectivity index (χ1v) is 7.60. The second kappa shape index (κ2) is 6.71. The summed E-state index contributed by atoms with van der Waals surface area (Å²) in [5.41, 5.74) is 0. The van der Waals surface area contributed by atoms with Gasteiger partial charge in [-0.15, -0.1) is 0 Å². The number of nitrogens with one attached hydrogen (secondary N) is 1. The molecule has 5 atom stereocenters. The third-order valence-corrected chi connectivity index (χ3v) is 4.54. The molecule has 0 radical (unpaired) electrons. The molecular formula is C15H27NO3. The quantitative estimate of drug-likeness (QED) is 0.831. The Morgan fingerprint density at radius 2 is 2.11 bits per heavy atom.